The van der Waals surface area contributed by atoms with E-state index < -0.39 is 15.4 Å². The second-order valence-electron chi connectivity index (χ2n) is 30.4. The highest BCUT2D eigenvalue weighted by atomic mass is 35.6. The molecule has 44 heteroatoms. The van der Waals surface area contributed by atoms with E-state index in [4.69, 9.17) is 322 Å². The predicted molar refractivity (Wildman–Crippen MR) is 556 cm³/mol. The lowest BCUT2D eigenvalue weighted by molar-refractivity contribution is -0.172. The minimum absolute atomic E-state index is 0.0784. The van der Waals surface area contributed by atoms with Crippen LogP contribution in [-0.2, 0) is 47.4 Å². The summed E-state index contributed by atoms with van der Waals surface area (Å²) in [6.45, 7) is 23.1. The van der Waals surface area contributed by atoms with Crippen LogP contribution in [0.2, 0.25) is 60.3 Å². The van der Waals surface area contributed by atoms with E-state index in [9.17, 15) is 9.90 Å². The largest absolute Gasteiger partial charge is 0.508 e. The average molecular weight is 2310 g/mol. The van der Waals surface area contributed by atoms with Crippen molar-refractivity contribution in [2.75, 3.05) is 209 Å². The van der Waals surface area contributed by atoms with E-state index in [1.165, 1.54) is 18.2 Å². The van der Waals surface area contributed by atoms with Gasteiger partial charge in [0.1, 0.15) is 73.6 Å². The Kier molecular flexibility index (Phi) is 51.5. The summed E-state index contributed by atoms with van der Waals surface area (Å²) in [6.07, 6.45) is 12.9. The SMILES string of the molecule is C1CC2(CCN1)OCCO2.CC.COc1cc(Cl)c(C)c(Cl)c1.COc1cc(Cl)c(N2CCC3(CC2)OCCO3)c(Cl)c1.ClC(Cl)=CCOc1cc(Cl)c(N2CCC3(CC2)OCCO3)c(Cl)c1.ClC(Cl)=CCOc1cc(Cl)c(N2CCOCC2)c(Cl)c1.ClCCC(Cl)(Cl)Cl.O=C1CCN(c2c(Cl)cc(OCC=C(Cl)Cl)cc2Cl)CC1.Oc1cc(Cl)c(N2CCC3(CC2)OCCO3)c(Cl)c1. The van der Waals surface area contributed by atoms with Gasteiger partial charge in [-0.3, -0.25) is 4.79 Å². The highest BCUT2D eigenvalue weighted by molar-refractivity contribution is 6.67. The number of halogens is 22. The molecule has 0 aliphatic carbocycles. The van der Waals surface area contributed by atoms with Crippen LogP contribution in [0.5, 0.6) is 34.5 Å². The first-order valence-electron chi connectivity index (χ1n) is 42.8. The molecule has 0 aromatic heterocycles. The van der Waals surface area contributed by atoms with Crippen LogP contribution >= 0.6 is 255 Å². The van der Waals surface area contributed by atoms with E-state index in [1.54, 1.807) is 87.0 Å². The number of morpholine rings is 1. The number of methoxy groups -OCH3 is 2. The average Bonchev–Trinajstić information content (AvgIpc) is 1.40. The maximum atomic E-state index is 11.3. The predicted octanol–water partition coefficient (Wildman–Crippen LogP) is 28.2. The summed E-state index contributed by atoms with van der Waals surface area (Å²) >= 11 is 129. The number of benzene rings is 6. The van der Waals surface area contributed by atoms with Crippen LogP contribution in [0.1, 0.15) is 90.0 Å². The standard InChI is InChI=1S/C16H17Cl4NO3.C14H13Cl4NO2.C14H17Cl2NO3.C13H13Cl4NO2.C13H15Cl2NO3.C8H8Cl2O.C7H13NO2.C3H4Cl4.C2H6/c17-12-9-11(22-6-1-14(19)20)10-13(18)15(12)21-4-2-16(3-5-21)23-7-8-24-16;15-11-7-10(21-6-3-13(17)18)8-12(16)14(11)19-4-1-9(20)2-5-19;1-18-10-8-11(15)13(12(16)9-10)17-4-2-14(3-5-17)19-6-7-20-14;14-10-7-9(20-4-1-12(16)17)8-11(15)13(10)18-2-5-19-6-3-18;14-10-7-9(17)8-11(15)12(10)16-3-1-13(2-4-16)18-5-6-19-13;1-5-7(9)3-6(11-2)4-8(5)10;1-3-8-4-2-7(1)9-5-6-10-7;4-2-1-3(5,6)7;1-2/h1,9-10H,2-8H2;3,7-8H,1-2,4-6H2;8-9H,2-7H2,1H3;1,7-8H,2-6H2;7-8,17H,1-6H2;3-4H,1-2H3;8H,1-6H2;1-2H2;1-2H3. The zero-order valence-corrected chi connectivity index (χ0v) is 90.6. The number of ether oxygens (including phenoxy) is 14. The summed E-state index contributed by atoms with van der Waals surface area (Å²) in [4.78, 5) is 21.9. The smallest absolute Gasteiger partial charge is 0.191 e. The Bertz CT molecular complexity index is 4610. The molecule has 22 nitrogen and oxygen atoms in total. The number of nitrogens with zero attached hydrogens (tertiary/aromatic N) is 5. The van der Waals surface area contributed by atoms with Crippen molar-refractivity contribution < 1.29 is 76.2 Å². The number of phenolic OH excluding ortho intramolecular Hbond substituents is 1. The zero-order chi connectivity index (χ0) is 97.9. The summed E-state index contributed by atoms with van der Waals surface area (Å²) < 4.78 is 76.5. The Morgan fingerprint density at radius 2 is 0.612 bits per heavy atom. The van der Waals surface area contributed by atoms with Gasteiger partial charge < -0.3 is 101 Å². The molecule has 0 atom stereocenters. The molecular formula is C90H106Cl22N6O16. The Morgan fingerprint density at radius 3 is 0.858 bits per heavy atom. The second-order valence-corrected chi connectivity index (χ2v) is 41.2. The zero-order valence-electron chi connectivity index (χ0n) is 73.9. The summed E-state index contributed by atoms with van der Waals surface area (Å²) in [5.74, 6) is 2.34. The molecule has 0 unspecified atom stereocenters. The van der Waals surface area contributed by atoms with Crippen molar-refractivity contribution >= 4 is 289 Å². The number of aromatic hydroxyl groups is 1. The third-order valence-corrected chi connectivity index (χ3v) is 27.0. The van der Waals surface area contributed by atoms with Gasteiger partial charge in [0.15, 0.2) is 26.9 Å². The van der Waals surface area contributed by atoms with E-state index in [-0.39, 0.29) is 56.4 Å². The van der Waals surface area contributed by atoms with Crippen LogP contribution < -0.4 is 53.5 Å². The number of nitrogens with one attached hydrogen (secondary N) is 1. The fourth-order valence-corrected chi connectivity index (χ4v) is 20.2. The molecule has 746 valence electrons. The number of alkyl halides is 4. The Balaban J connectivity index is 0.000000192. The minimum Gasteiger partial charge on any atom is -0.508 e. The number of Topliss-reactive ketones (excluding diaryl/α,β-unsaturated/α-hetero) is 1. The molecule has 10 aliphatic heterocycles. The number of carbonyl (C=O) groups is 1. The summed E-state index contributed by atoms with van der Waals surface area (Å²) in [6, 6.07) is 20.4. The lowest BCUT2D eigenvalue weighted by atomic mass is 10.0. The van der Waals surface area contributed by atoms with Gasteiger partial charge in [0.25, 0.3) is 0 Å². The van der Waals surface area contributed by atoms with Gasteiger partial charge in [0.2, 0.25) is 0 Å². The van der Waals surface area contributed by atoms with E-state index in [1.807, 2.05) is 25.7 Å². The van der Waals surface area contributed by atoms with Gasteiger partial charge in [0.05, 0.1) is 159 Å². The molecule has 10 heterocycles. The van der Waals surface area contributed by atoms with E-state index >= 15 is 0 Å². The number of hydrogen-bond acceptors (Lipinski definition) is 22. The fraction of sp³-hybridized carbons (Fsp3) is 0.522. The first-order valence-corrected chi connectivity index (χ1v) is 51.3. The lowest BCUT2D eigenvalue weighted by Gasteiger charge is -2.39. The van der Waals surface area contributed by atoms with Crippen LogP contribution in [0.4, 0.5) is 28.4 Å². The lowest BCUT2D eigenvalue weighted by Crippen LogP contribution is -2.45. The monoisotopic (exact) mass is 2300 g/mol. The van der Waals surface area contributed by atoms with E-state index in [0.717, 1.165) is 164 Å². The maximum Gasteiger partial charge on any atom is 0.191 e. The molecule has 0 bridgehead atoms. The van der Waals surface area contributed by atoms with Crippen molar-refractivity contribution in [1.82, 2.24) is 5.32 Å². The molecule has 0 saturated carbocycles. The molecule has 6 aromatic carbocycles. The van der Waals surface area contributed by atoms with Crippen LogP contribution in [0, 0.1) is 6.92 Å². The third-order valence-electron chi connectivity index (χ3n) is 21.6. The highest BCUT2D eigenvalue weighted by Gasteiger charge is 2.44. The summed E-state index contributed by atoms with van der Waals surface area (Å²) in [5, 5.41) is 19.3. The molecule has 16 rings (SSSR count). The molecule has 134 heavy (non-hydrogen) atoms. The number of rotatable bonds is 17. The fourth-order valence-electron chi connectivity index (χ4n) is 15.0. The third kappa shape index (κ3) is 37.6. The van der Waals surface area contributed by atoms with Gasteiger partial charge >= 0.3 is 0 Å². The maximum absolute atomic E-state index is 11.3. The van der Waals surface area contributed by atoms with Crippen LogP contribution in [-0.4, -0.2) is 222 Å². The molecule has 0 amide bonds. The normalized spacial score (nSPS) is 18.3. The van der Waals surface area contributed by atoms with Gasteiger partial charge in [0, 0.05) is 226 Å². The van der Waals surface area contributed by atoms with Crippen molar-refractivity contribution in [2.24, 2.45) is 0 Å². The van der Waals surface area contributed by atoms with Gasteiger partial charge in [-0.25, -0.2) is 0 Å². The van der Waals surface area contributed by atoms with Crippen LogP contribution in [0.3, 0.4) is 0 Å². The van der Waals surface area contributed by atoms with Gasteiger partial charge in [-0.1, -0.05) is 257 Å². The number of phenols is 1. The van der Waals surface area contributed by atoms with E-state index in [0.29, 0.717) is 180 Å². The van der Waals surface area contributed by atoms with Crippen molar-refractivity contribution in [1.29, 1.82) is 0 Å². The number of carbonyl (C=O) groups excluding carboxylic acids is 1. The van der Waals surface area contributed by atoms with Crippen LogP contribution in [0.15, 0.2) is 104 Å². The quantitative estimate of drug-likeness (QED) is 0.0818. The van der Waals surface area contributed by atoms with Crippen molar-refractivity contribution in [3.8, 4) is 34.5 Å². The molecule has 2 N–H and O–H groups in total. The molecular weight excluding hydrogens is 2200 g/mol. The number of piperidine rings is 5. The number of anilines is 5. The Labute approximate surface area is 894 Å². The minimum atomic E-state index is -1.16. The molecule has 10 saturated heterocycles. The Hall–Kier alpha value is -2.01. The van der Waals surface area contributed by atoms with E-state index in [2.05, 4.69) is 24.9 Å². The Morgan fingerprint density at radius 1 is 0.373 bits per heavy atom. The molecule has 10 aliphatic rings. The first-order chi connectivity index (χ1) is 63.9. The van der Waals surface area contributed by atoms with Gasteiger partial charge in [-0.15, -0.1) is 11.6 Å². The van der Waals surface area contributed by atoms with Crippen LogP contribution in [0.25, 0.3) is 0 Å². The highest BCUT2D eigenvalue weighted by Crippen LogP contribution is 2.47. The topological polar surface area (TPSA) is 195 Å². The van der Waals surface area contributed by atoms with Crippen molar-refractivity contribution in [3.05, 3.63) is 170 Å². The van der Waals surface area contributed by atoms with Crippen molar-refractivity contribution in [3.63, 3.8) is 0 Å². The molecule has 6 aromatic rings. The molecule has 4 spiro atoms. The first kappa shape index (κ1) is 117. The summed E-state index contributed by atoms with van der Waals surface area (Å²) in [5.41, 5.74) is 4.88. The van der Waals surface area contributed by atoms with Crippen molar-refractivity contribution in [2.45, 2.75) is 118 Å². The van der Waals surface area contributed by atoms with Gasteiger partial charge in [-0.05, 0) is 42.8 Å². The number of hydrogen-bond donors (Lipinski definition) is 2. The molecule has 10 fully saturated rings. The summed E-state index contributed by atoms with van der Waals surface area (Å²) in [7, 11) is 3.18. The molecule has 0 radical (unpaired) electrons. The van der Waals surface area contributed by atoms with Gasteiger partial charge in [-0.2, -0.15) is 0 Å². The second kappa shape index (κ2) is 58.8. The number of ketones is 1.